The second-order valence-electron chi connectivity index (χ2n) is 6.28. The van der Waals surface area contributed by atoms with Crippen LogP contribution in [0, 0.1) is 0 Å². The number of benzene rings is 1. The van der Waals surface area contributed by atoms with Crippen LogP contribution in [0.3, 0.4) is 0 Å². The molecule has 1 aromatic rings. The van der Waals surface area contributed by atoms with E-state index in [1.165, 1.54) is 18.6 Å². The van der Waals surface area contributed by atoms with Gasteiger partial charge in [-0.2, -0.15) is 11.8 Å². The van der Waals surface area contributed by atoms with Gasteiger partial charge in [-0.05, 0) is 49.6 Å². The predicted octanol–water partition coefficient (Wildman–Crippen LogP) is 2.66. The van der Waals surface area contributed by atoms with Gasteiger partial charge in [0.15, 0.2) is 5.96 Å². The van der Waals surface area contributed by atoms with E-state index in [1.54, 1.807) is 14.1 Å². The molecule has 1 amide bonds. The SMILES string of the molecule is CN=C(NCCc1cccc(C(=O)NC)c1)NCC1(C)CCCS1.I. The Balaban J connectivity index is 0.00000312. The van der Waals surface area contributed by atoms with E-state index in [2.05, 4.69) is 27.9 Å². The molecule has 1 atom stereocenters. The summed E-state index contributed by atoms with van der Waals surface area (Å²) in [5.74, 6) is 2.04. The van der Waals surface area contributed by atoms with E-state index in [4.69, 9.17) is 0 Å². The zero-order chi connectivity index (χ0) is 17.4. The second kappa shape index (κ2) is 10.9. The molecule has 0 aromatic heterocycles. The topological polar surface area (TPSA) is 65.5 Å². The van der Waals surface area contributed by atoms with Crippen LogP contribution in [0.1, 0.15) is 35.7 Å². The fraction of sp³-hybridized carbons (Fsp3) is 0.556. The normalized spacial score (nSPS) is 19.9. The third-order valence-corrected chi connectivity index (χ3v) is 5.81. The molecule has 140 valence electrons. The number of guanidine groups is 1. The lowest BCUT2D eigenvalue weighted by atomic mass is 10.1. The Bertz CT molecular complexity index is 588. The minimum Gasteiger partial charge on any atom is -0.356 e. The van der Waals surface area contributed by atoms with Gasteiger partial charge < -0.3 is 16.0 Å². The number of rotatable bonds is 6. The molecule has 0 saturated carbocycles. The Hall–Kier alpha value is -0.960. The molecule has 1 aromatic carbocycles. The van der Waals surface area contributed by atoms with Crippen LogP contribution < -0.4 is 16.0 Å². The highest BCUT2D eigenvalue weighted by Gasteiger charge is 2.29. The van der Waals surface area contributed by atoms with Crippen molar-refractivity contribution in [2.45, 2.75) is 30.9 Å². The summed E-state index contributed by atoms with van der Waals surface area (Å²) in [5, 5.41) is 9.43. The van der Waals surface area contributed by atoms with Crippen molar-refractivity contribution in [3.63, 3.8) is 0 Å². The smallest absolute Gasteiger partial charge is 0.251 e. The molecule has 2 rings (SSSR count). The molecule has 1 heterocycles. The standard InChI is InChI=1S/C18H28N4OS.HI/c1-18(9-5-11-24-18)13-22-17(20-3)21-10-8-14-6-4-7-15(12-14)16(23)19-2;/h4,6-7,12H,5,8-11,13H2,1-3H3,(H,19,23)(H2,20,21,22);1H. The van der Waals surface area contributed by atoms with E-state index in [1.807, 2.05) is 36.0 Å². The first-order chi connectivity index (χ1) is 11.6. The van der Waals surface area contributed by atoms with Gasteiger partial charge in [0.25, 0.3) is 5.91 Å². The van der Waals surface area contributed by atoms with Gasteiger partial charge in [0.2, 0.25) is 0 Å². The highest BCUT2D eigenvalue weighted by molar-refractivity contribution is 14.0. The Morgan fingerprint density at radius 1 is 1.36 bits per heavy atom. The van der Waals surface area contributed by atoms with Gasteiger partial charge in [-0.3, -0.25) is 9.79 Å². The molecule has 0 bridgehead atoms. The van der Waals surface area contributed by atoms with Crippen LogP contribution in [0.15, 0.2) is 29.3 Å². The predicted molar refractivity (Wildman–Crippen MR) is 118 cm³/mol. The largest absolute Gasteiger partial charge is 0.356 e. The third-order valence-electron chi connectivity index (χ3n) is 4.28. The lowest BCUT2D eigenvalue weighted by Gasteiger charge is -2.24. The molecule has 5 nitrogen and oxygen atoms in total. The van der Waals surface area contributed by atoms with Gasteiger partial charge in [0.1, 0.15) is 0 Å². The van der Waals surface area contributed by atoms with E-state index in [0.29, 0.717) is 10.3 Å². The molecule has 0 aliphatic carbocycles. The maximum atomic E-state index is 11.7. The van der Waals surface area contributed by atoms with Gasteiger partial charge in [0, 0.05) is 37.5 Å². The van der Waals surface area contributed by atoms with Crippen molar-refractivity contribution in [3.8, 4) is 0 Å². The first-order valence-electron chi connectivity index (χ1n) is 8.46. The van der Waals surface area contributed by atoms with E-state index < -0.39 is 0 Å². The molecule has 0 radical (unpaired) electrons. The molecule has 1 saturated heterocycles. The van der Waals surface area contributed by atoms with Crippen molar-refractivity contribution in [3.05, 3.63) is 35.4 Å². The summed E-state index contributed by atoms with van der Waals surface area (Å²) in [6.07, 6.45) is 3.40. The van der Waals surface area contributed by atoms with Crippen LogP contribution in [-0.2, 0) is 6.42 Å². The molecule has 0 spiro atoms. The summed E-state index contributed by atoms with van der Waals surface area (Å²) in [6.45, 7) is 4.03. The minimum absolute atomic E-state index is 0. The van der Waals surface area contributed by atoms with Gasteiger partial charge in [-0.25, -0.2) is 0 Å². The number of hydrogen-bond acceptors (Lipinski definition) is 3. The number of nitrogens with one attached hydrogen (secondary N) is 3. The average Bonchev–Trinajstić information content (AvgIpc) is 3.04. The van der Waals surface area contributed by atoms with E-state index >= 15 is 0 Å². The van der Waals surface area contributed by atoms with Crippen LogP contribution in [0.5, 0.6) is 0 Å². The summed E-state index contributed by atoms with van der Waals surface area (Å²) in [4.78, 5) is 16.0. The molecule has 1 aliphatic heterocycles. The minimum atomic E-state index is -0.0513. The number of nitrogens with zero attached hydrogens (tertiary/aromatic N) is 1. The van der Waals surface area contributed by atoms with Crippen molar-refractivity contribution >= 4 is 47.6 Å². The summed E-state index contributed by atoms with van der Waals surface area (Å²) in [7, 11) is 3.45. The molecular weight excluding hydrogens is 447 g/mol. The number of carbonyl (C=O) groups excluding carboxylic acids is 1. The lowest BCUT2D eigenvalue weighted by Crippen LogP contribution is -2.44. The maximum absolute atomic E-state index is 11.7. The van der Waals surface area contributed by atoms with Crippen LogP contribution in [0.4, 0.5) is 0 Å². The van der Waals surface area contributed by atoms with Crippen LogP contribution in [0.2, 0.25) is 0 Å². The lowest BCUT2D eigenvalue weighted by molar-refractivity contribution is 0.0963. The highest BCUT2D eigenvalue weighted by Crippen LogP contribution is 2.36. The van der Waals surface area contributed by atoms with Gasteiger partial charge in [-0.15, -0.1) is 24.0 Å². The molecule has 25 heavy (non-hydrogen) atoms. The van der Waals surface area contributed by atoms with E-state index in [9.17, 15) is 4.79 Å². The summed E-state index contributed by atoms with van der Waals surface area (Å²) < 4.78 is 0.319. The van der Waals surface area contributed by atoms with Crippen LogP contribution in [-0.4, -0.2) is 49.6 Å². The van der Waals surface area contributed by atoms with E-state index in [-0.39, 0.29) is 29.9 Å². The summed E-state index contributed by atoms with van der Waals surface area (Å²) >= 11 is 2.04. The number of aliphatic imine (C=N–C) groups is 1. The van der Waals surface area contributed by atoms with Crippen LogP contribution >= 0.6 is 35.7 Å². The fourth-order valence-electron chi connectivity index (χ4n) is 2.81. The first kappa shape index (κ1) is 22.1. The molecule has 1 unspecified atom stereocenters. The van der Waals surface area contributed by atoms with Crippen LogP contribution in [0.25, 0.3) is 0 Å². The van der Waals surface area contributed by atoms with E-state index in [0.717, 1.165) is 31.0 Å². The Kier molecular flexibility index (Phi) is 9.63. The molecular formula is C18H29IN4OS. The zero-order valence-corrected chi connectivity index (χ0v) is 18.4. The first-order valence-corrected chi connectivity index (χ1v) is 9.44. The van der Waals surface area contributed by atoms with Gasteiger partial charge >= 0.3 is 0 Å². The Labute approximate surface area is 172 Å². The van der Waals surface area contributed by atoms with Gasteiger partial charge in [-0.1, -0.05) is 12.1 Å². The third kappa shape index (κ3) is 7.05. The molecule has 3 N–H and O–H groups in total. The molecule has 1 aliphatic rings. The number of carbonyl (C=O) groups is 1. The number of amides is 1. The number of hydrogen-bond donors (Lipinski definition) is 3. The van der Waals surface area contributed by atoms with Gasteiger partial charge in [0.05, 0.1) is 0 Å². The second-order valence-corrected chi connectivity index (χ2v) is 7.97. The Morgan fingerprint density at radius 3 is 2.80 bits per heavy atom. The maximum Gasteiger partial charge on any atom is 0.251 e. The average molecular weight is 476 g/mol. The zero-order valence-electron chi connectivity index (χ0n) is 15.2. The summed E-state index contributed by atoms with van der Waals surface area (Å²) in [6, 6.07) is 7.73. The summed E-state index contributed by atoms with van der Waals surface area (Å²) in [5.41, 5.74) is 1.83. The quantitative estimate of drug-likeness (QED) is 0.336. The molecule has 1 fully saturated rings. The van der Waals surface area contributed by atoms with Crippen molar-refractivity contribution in [1.29, 1.82) is 0 Å². The fourth-order valence-corrected chi connectivity index (χ4v) is 4.05. The highest BCUT2D eigenvalue weighted by atomic mass is 127. The monoisotopic (exact) mass is 476 g/mol. The Morgan fingerprint density at radius 2 is 2.16 bits per heavy atom. The number of halogens is 1. The van der Waals surface area contributed by atoms with Crippen molar-refractivity contribution in [2.24, 2.45) is 4.99 Å². The number of thioether (sulfide) groups is 1. The van der Waals surface area contributed by atoms with Crippen molar-refractivity contribution in [2.75, 3.05) is 32.9 Å². The van der Waals surface area contributed by atoms with Crippen molar-refractivity contribution < 1.29 is 4.79 Å². The molecule has 7 heteroatoms. The van der Waals surface area contributed by atoms with Crippen molar-refractivity contribution in [1.82, 2.24) is 16.0 Å².